The molecule has 0 saturated heterocycles. The summed E-state index contributed by atoms with van der Waals surface area (Å²) in [5.74, 6) is 0. The lowest BCUT2D eigenvalue weighted by Gasteiger charge is -2.08. The highest BCUT2D eigenvalue weighted by Gasteiger charge is 2.03. The van der Waals surface area contributed by atoms with E-state index in [4.69, 9.17) is 0 Å². The van der Waals surface area contributed by atoms with E-state index >= 15 is 0 Å². The topological polar surface area (TPSA) is 4.93 Å². The Morgan fingerprint density at radius 3 is 2.58 bits per heavy atom. The molecule has 3 aromatic rings. The normalized spacial score (nSPS) is 11.1. The molecule has 1 aromatic heterocycles. The molecule has 0 aliphatic rings. The molecule has 2 heteroatoms. The summed E-state index contributed by atoms with van der Waals surface area (Å²) in [6.07, 6.45) is 2.16. The fourth-order valence-corrected chi connectivity index (χ4v) is 2.74. The first-order valence-electron chi connectivity index (χ1n) is 6.44. The van der Waals surface area contributed by atoms with Gasteiger partial charge >= 0.3 is 0 Å². The Kier molecular flexibility index (Phi) is 3.19. The SMILES string of the molecule is Cc1ccc(Cn2ccc3ccc(Br)cc32)cc1C. The van der Waals surface area contributed by atoms with E-state index in [9.17, 15) is 0 Å². The van der Waals surface area contributed by atoms with Crippen molar-refractivity contribution in [1.29, 1.82) is 0 Å². The van der Waals surface area contributed by atoms with Gasteiger partial charge < -0.3 is 4.57 Å². The van der Waals surface area contributed by atoms with Crippen molar-refractivity contribution < 1.29 is 0 Å². The Morgan fingerprint density at radius 2 is 1.79 bits per heavy atom. The molecule has 0 radical (unpaired) electrons. The maximum Gasteiger partial charge on any atom is 0.0494 e. The van der Waals surface area contributed by atoms with Crippen LogP contribution in [-0.2, 0) is 6.54 Å². The van der Waals surface area contributed by atoms with E-state index in [-0.39, 0.29) is 0 Å². The van der Waals surface area contributed by atoms with Crippen LogP contribution in [0.1, 0.15) is 16.7 Å². The van der Waals surface area contributed by atoms with Crippen molar-refractivity contribution in [3.8, 4) is 0 Å². The number of rotatable bonds is 2. The molecule has 0 amide bonds. The van der Waals surface area contributed by atoms with Gasteiger partial charge in [0, 0.05) is 22.7 Å². The number of benzene rings is 2. The molecule has 0 N–H and O–H groups in total. The van der Waals surface area contributed by atoms with Crippen molar-refractivity contribution in [3.63, 3.8) is 0 Å². The van der Waals surface area contributed by atoms with Crippen LogP contribution >= 0.6 is 15.9 Å². The van der Waals surface area contributed by atoms with Crippen LogP contribution in [0.2, 0.25) is 0 Å². The number of fused-ring (bicyclic) bond motifs is 1. The molecule has 0 bridgehead atoms. The van der Waals surface area contributed by atoms with E-state index in [1.807, 2.05) is 0 Å². The van der Waals surface area contributed by atoms with Gasteiger partial charge in [0.2, 0.25) is 0 Å². The quantitative estimate of drug-likeness (QED) is 0.622. The van der Waals surface area contributed by atoms with Crippen LogP contribution < -0.4 is 0 Å². The number of nitrogens with zero attached hydrogens (tertiary/aromatic N) is 1. The third kappa shape index (κ3) is 2.45. The number of aromatic nitrogens is 1. The molecule has 19 heavy (non-hydrogen) atoms. The number of aryl methyl sites for hydroxylation is 2. The summed E-state index contributed by atoms with van der Waals surface area (Å²) >= 11 is 3.54. The van der Waals surface area contributed by atoms with Crippen LogP contribution in [0.25, 0.3) is 10.9 Å². The summed E-state index contributed by atoms with van der Waals surface area (Å²) in [5.41, 5.74) is 5.33. The Morgan fingerprint density at radius 1 is 0.947 bits per heavy atom. The molecule has 0 aliphatic carbocycles. The summed E-state index contributed by atoms with van der Waals surface area (Å²) < 4.78 is 3.42. The van der Waals surface area contributed by atoms with Gasteiger partial charge in [-0.05, 0) is 54.1 Å². The zero-order chi connectivity index (χ0) is 13.4. The minimum Gasteiger partial charge on any atom is -0.343 e. The second kappa shape index (κ2) is 4.86. The molecular formula is C17H16BrN. The van der Waals surface area contributed by atoms with E-state index in [0.29, 0.717) is 0 Å². The molecule has 1 nitrogen and oxygen atoms in total. The average molecular weight is 314 g/mol. The molecule has 96 valence electrons. The summed E-state index contributed by atoms with van der Waals surface area (Å²) in [4.78, 5) is 0. The number of hydrogen-bond acceptors (Lipinski definition) is 0. The van der Waals surface area contributed by atoms with Gasteiger partial charge in [-0.2, -0.15) is 0 Å². The second-order valence-electron chi connectivity index (χ2n) is 5.07. The number of halogens is 1. The molecule has 0 aliphatic heterocycles. The third-order valence-corrected chi connectivity index (χ3v) is 4.15. The van der Waals surface area contributed by atoms with E-state index in [2.05, 4.69) is 83.0 Å². The van der Waals surface area contributed by atoms with Crippen molar-refractivity contribution in [1.82, 2.24) is 4.57 Å². The van der Waals surface area contributed by atoms with Crippen molar-refractivity contribution >= 4 is 26.8 Å². The first-order chi connectivity index (χ1) is 9.13. The van der Waals surface area contributed by atoms with Gasteiger partial charge in [0.1, 0.15) is 0 Å². The Hall–Kier alpha value is -1.54. The second-order valence-corrected chi connectivity index (χ2v) is 5.98. The van der Waals surface area contributed by atoms with Crippen LogP contribution in [0.3, 0.4) is 0 Å². The zero-order valence-electron chi connectivity index (χ0n) is 11.2. The Labute approximate surface area is 122 Å². The van der Waals surface area contributed by atoms with E-state index < -0.39 is 0 Å². The maximum absolute atomic E-state index is 3.54. The van der Waals surface area contributed by atoms with Gasteiger partial charge in [-0.3, -0.25) is 0 Å². The molecule has 1 heterocycles. The monoisotopic (exact) mass is 313 g/mol. The molecule has 0 fully saturated rings. The minimum absolute atomic E-state index is 0.918. The van der Waals surface area contributed by atoms with Crippen LogP contribution in [0.5, 0.6) is 0 Å². The van der Waals surface area contributed by atoms with Crippen molar-refractivity contribution in [2.75, 3.05) is 0 Å². The Balaban J connectivity index is 2.00. The molecular weight excluding hydrogens is 298 g/mol. The predicted molar refractivity (Wildman–Crippen MR) is 84.7 cm³/mol. The standard InChI is InChI=1S/C17H16BrN/c1-12-3-4-14(9-13(12)2)11-19-8-7-15-5-6-16(18)10-17(15)19/h3-10H,11H2,1-2H3. The van der Waals surface area contributed by atoms with Gasteiger partial charge in [-0.15, -0.1) is 0 Å². The van der Waals surface area contributed by atoms with Gasteiger partial charge in [0.25, 0.3) is 0 Å². The molecule has 0 spiro atoms. The summed E-state index contributed by atoms with van der Waals surface area (Å²) in [6.45, 7) is 5.24. The van der Waals surface area contributed by atoms with Gasteiger partial charge in [-0.25, -0.2) is 0 Å². The predicted octanol–water partition coefficient (Wildman–Crippen LogP) is 5.07. The first kappa shape index (κ1) is 12.5. The highest BCUT2D eigenvalue weighted by molar-refractivity contribution is 9.10. The van der Waals surface area contributed by atoms with E-state index in [0.717, 1.165) is 11.0 Å². The lowest BCUT2D eigenvalue weighted by atomic mass is 10.1. The summed E-state index contributed by atoms with van der Waals surface area (Å²) in [6, 6.07) is 15.3. The summed E-state index contributed by atoms with van der Waals surface area (Å²) in [5, 5.41) is 1.28. The molecule has 0 saturated carbocycles. The Bertz CT molecular complexity index is 740. The molecule has 3 rings (SSSR count). The fourth-order valence-electron chi connectivity index (χ4n) is 2.39. The third-order valence-electron chi connectivity index (χ3n) is 3.66. The maximum atomic E-state index is 3.54. The van der Waals surface area contributed by atoms with Gasteiger partial charge in [0.05, 0.1) is 0 Å². The summed E-state index contributed by atoms with van der Waals surface area (Å²) in [7, 11) is 0. The first-order valence-corrected chi connectivity index (χ1v) is 7.23. The molecule has 0 unspecified atom stereocenters. The zero-order valence-corrected chi connectivity index (χ0v) is 12.7. The molecule has 0 atom stereocenters. The minimum atomic E-state index is 0.918. The number of hydrogen-bond donors (Lipinski definition) is 0. The van der Waals surface area contributed by atoms with Gasteiger partial charge in [0.15, 0.2) is 0 Å². The van der Waals surface area contributed by atoms with E-state index in [1.165, 1.54) is 27.6 Å². The fraction of sp³-hybridized carbons (Fsp3) is 0.176. The highest BCUT2D eigenvalue weighted by Crippen LogP contribution is 2.22. The highest BCUT2D eigenvalue weighted by atomic mass is 79.9. The van der Waals surface area contributed by atoms with Crippen molar-refractivity contribution in [3.05, 3.63) is 69.8 Å². The van der Waals surface area contributed by atoms with Crippen LogP contribution in [0.15, 0.2) is 53.1 Å². The average Bonchev–Trinajstić information content (AvgIpc) is 2.77. The molecule has 2 aromatic carbocycles. The van der Waals surface area contributed by atoms with Crippen LogP contribution in [-0.4, -0.2) is 4.57 Å². The van der Waals surface area contributed by atoms with Crippen LogP contribution in [0, 0.1) is 13.8 Å². The van der Waals surface area contributed by atoms with Crippen LogP contribution in [0.4, 0.5) is 0 Å². The lowest BCUT2D eigenvalue weighted by molar-refractivity contribution is 0.835. The van der Waals surface area contributed by atoms with Crippen molar-refractivity contribution in [2.45, 2.75) is 20.4 Å². The van der Waals surface area contributed by atoms with Gasteiger partial charge in [-0.1, -0.05) is 40.2 Å². The largest absolute Gasteiger partial charge is 0.343 e. The smallest absolute Gasteiger partial charge is 0.0494 e. The lowest BCUT2D eigenvalue weighted by Crippen LogP contribution is -1.98. The van der Waals surface area contributed by atoms with Crippen molar-refractivity contribution in [2.24, 2.45) is 0 Å². The van der Waals surface area contributed by atoms with E-state index in [1.54, 1.807) is 0 Å².